The van der Waals surface area contributed by atoms with Crippen molar-refractivity contribution in [1.82, 2.24) is 15.3 Å². The standard InChI is InChI=1S/C33H51BN4O4/c1-26(2)12-8-5-6-11-17-38-18-20-41-34(38,42-21-19-38)29(22-27(3)4)24-32(39)30(23-28-13-9-7-10-14-28)37-33(40)31-25-35-15-16-36-31/h7,9-10,13-16,25-27,29-30H,5-6,8,11-12,17-24H2,1-4H3,(H,37,40)/t29-,30+,34?,38?/m1/s1. The van der Waals surface area contributed by atoms with Crippen molar-refractivity contribution in [2.45, 2.75) is 90.9 Å². The lowest BCUT2D eigenvalue weighted by Gasteiger charge is -2.51. The molecule has 2 aromatic rings. The van der Waals surface area contributed by atoms with E-state index in [4.69, 9.17) is 9.31 Å². The van der Waals surface area contributed by atoms with Crippen LogP contribution in [0.3, 0.4) is 0 Å². The zero-order valence-electron chi connectivity index (χ0n) is 26.2. The first-order valence-electron chi connectivity index (χ1n) is 16.2. The molecule has 1 amide bonds. The Morgan fingerprint density at radius 1 is 0.952 bits per heavy atom. The molecule has 9 heteroatoms. The molecule has 2 fully saturated rings. The van der Waals surface area contributed by atoms with Gasteiger partial charge >= 0.3 is 6.69 Å². The first kappa shape index (κ1) is 32.3. The van der Waals surface area contributed by atoms with Crippen LogP contribution in [0.2, 0.25) is 5.82 Å². The summed E-state index contributed by atoms with van der Waals surface area (Å²) in [6.45, 7) is 11.6. The highest BCUT2D eigenvalue weighted by Gasteiger charge is 2.62. The van der Waals surface area contributed by atoms with Crippen LogP contribution in [0.15, 0.2) is 48.9 Å². The van der Waals surface area contributed by atoms with Gasteiger partial charge in [-0.3, -0.25) is 14.6 Å². The molecule has 0 radical (unpaired) electrons. The lowest BCUT2D eigenvalue weighted by Crippen LogP contribution is -2.66. The van der Waals surface area contributed by atoms with E-state index >= 15 is 0 Å². The van der Waals surface area contributed by atoms with Gasteiger partial charge in [-0.15, -0.1) is 0 Å². The van der Waals surface area contributed by atoms with Crippen molar-refractivity contribution in [2.24, 2.45) is 11.8 Å². The Hall–Kier alpha value is -2.62. The van der Waals surface area contributed by atoms with Crippen LogP contribution >= 0.6 is 0 Å². The Labute approximate surface area is 252 Å². The van der Waals surface area contributed by atoms with Crippen LogP contribution < -0.4 is 5.32 Å². The summed E-state index contributed by atoms with van der Waals surface area (Å²) in [6.07, 6.45) is 12.2. The number of amides is 1. The van der Waals surface area contributed by atoms with Gasteiger partial charge in [-0.05, 0) is 48.9 Å². The molecule has 0 spiro atoms. The van der Waals surface area contributed by atoms with E-state index in [1.165, 1.54) is 44.3 Å². The second-order valence-corrected chi connectivity index (χ2v) is 13.3. The van der Waals surface area contributed by atoms with Crippen molar-refractivity contribution in [3.8, 4) is 0 Å². The van der Waals surface area contributed by atoms with E-state index in [1.54, 1.807) is 0 Å². The maximum absolute atomic E-state index is 14.2. The van der Waals surface area contributed by atoms with Crippen molar-refractivity contribution in [3.05, 3.63) is 60.2 Å². The monoisotopic (exact) mass is 578 g/mol. The number of fused-ring (bicyclic) bond motifs is 1. The van der Waals surface area contributed by atoms with Crippen molar-refractivity contribution in [3.63, 3.8) is 0 Å². The Morgan fingerprint density at radius 2 is 1.67 bits per heavy atom. The third-order valence-corrected chi connectivity index (χ3v) is 9.29. The van der Waals surface area contributed by atoms with Gasteiger partial charge in [0.05, 0.1) is 38.5 Å². The van der Waals surface area contributed by atoms with E-state index in [0.29, 0.717) is 32.0 Å². The largest absolute Gasteiger partial charge is 0.509 e. The third-order valence-electron chi connectivity index (χ3n) is 9.29. The number of hydrogen-bond acceptors (Lipinski definition) is 6. The lowest BCUT2D eigenvalue weighted by molar-refractivity contribution is -0.823. The summed E-state index contributed by atoms with van der Waals surface area (Å²) >= 11 is 0. The highest BCUT2D eigenvalue weighted by atomic mass is 16.6. The van der Waals surface area contributed by atoms with Gasteiger partial charge in [-0.2, -0.15) is 0 Å². The molecule has 230 valence electrons. The third kappa shape index (κ3) is 8.06. The van der Waals surface area contributed by atoms with Gasteiger partial charge in [0, 0.05) is 18.9 Å². The molecule has 4 rings (SSSR count). The topological polar surface area (TPSA) is 90.4 Å². The quantitative estimate of drug-likeness (QED) is 0.194. The molecule has 42 heavy (non-hydrogen) atoms. The number of ketones is 1. The number of rotatable bonds is 17. The Bertz CT molecular complexity index is 1120. The molecule has 0 unspecified atom stereocenters. The molecule has 0 saturated carbocycles. The molecule has 2 saturated heterocycles. The first-order valence-corrected chi connectivity index (χ1v) is 16.2. The summed E-state index contributed by atoms with van der Waals surface area (Å²) in [5, 5.41) is 2.99. The number of nitrogens with zero attached hydrogens (tertiary/aromatic N) is 3. The lowest BCUT2D eigenvalue weighted by atomic mass is 9.51. The van der Waals surface area contributed by atoms with Crippen LogP contribution in [0.5, 0.6) is 0 Å². The van der Waals surface area contributed by atoms with Gasteiger partial charge in [0.25, 0.3) is 5.91 Å². The van der Waals surface area contributed by atoms with Crippen molar-refractivity contribution in [1.29, 1.82) is 0 Å². The number of Topliss-reactive ketones (excluding diaryl/α,β-unsaturated/α-hetero) is 1. The summed E-state index contributed by atoms with van der Waals surface area (Å²) < 4.78 is 14.1. The molecule has 8 nitrogen and oxygen atoms in total. The van der Waals surface area contributed by atoms with Crippen LogP contribution in [-0.2, 0) is 20.5 Å². The fraction of sp³-hybridized carbons (Fsp3) is 0.636. The minimum atomic E-state index is -1.68. The minimum absolute atomic E-state index is 0.00998. The Balaban J connectivity index is 1.52. The molecule has 0 bridgehead atoms. The normalized spacial score (nSPS) is 23.2. The molecule has 1 N–H and O–H groups in total. The highest BCUT2D eigenvalue weighted by molar-refractivity contribution is 6.62. The highest BCUT2D eigenvalue weighted by Crippen LogP contribution is 2.47. The molecule has 0 aliphatic carbocycles. The number of hydrogen-bond donors (Lipinski definition) is 1. The maximum Gasteiger partial charge on any atom is 0.476 e. The van der Waals surface area contributed by atoms with Gasteiger partial charge in [0.2, 0.25) is 0 Å². The maximum atomic E-state index is 14.2. The Morgan fingerprint density at radius 3 is 2.31 bits per heavy atom. The summed E-state index contributed by atoms with van der Waals surface area (Å²) in [4.78, 5) is 35.5. The number of benzene rings is 1. The Kier molecular flexibility index (Phi) is 11.7. The van der Waals surface area contributed by atoms with Crippen molar-refractivity contribution < 1.29 is 23.3 Å². The predicted molar refractivity (Wildman–Crippen MR) is 167 cm³/mol. The first-order chi connectivity index (χ1) is 20.2. The average molecular weight is 579 g/mol. The average Bonchev–Trinajstić information content (AvgIpc) is 3.51. The van der Waals surface area contributed by atoms with Crippen LogP contribution in [0.25, 0.3) is 0 Å². The smallest absolute Gasteiger partial charge is 0.476 e. The number of quaternary nitrogens is 1. The van der Waals surface area contributed by atoms with Crippen molar-refractivity contribution in [2.75, 3.05) is 32.8 Å². The number of carbonyl (C=O) groups is 2. The number of carbonyl (C=O) groups excluding carboxylic acids is 2. The van der Waals surface area contributed by atoms with Crippen molar-refractivity contribution >= 4 is 18.4 Å². The zero-order chi connectivity index (χ0) is 30.0. The van der Waals surface area contributed by atoms with Gasteiger partial charge in [0.1, 0.15) is 5.69 Å². The number of nitrogens with one attached hydrogen (secondary N) is 1. The molecular formula is C33H51BN4O4. The van der Waals surface area contributed by atoms with Crippen LogP contribution in [0, 0.1) is 11.8 Å². The fourth-order valence-electron chi connectivity index (χ4n) is 7.25. The molecule has 1 aromatic carbocycles. The van der Waals surface area contributed by atoms with Gasteiger partial charge < -0.3 is 19.0 Å². The van der Waals surface area contributed by atoms with Crippen LogP contribution in [-0.4, -0.2) is 71.6 Å². The molecule has 2 atom stereocenters. The zero-order valence-corrected chi connectivity index (χ0v) is 26.2. The fourth-order valence-corrected chi connectivity index (χ4v) is 7.25. The minimum Gasteiger partial charge on any atom is -0.509 e. The molecule has 1 aromatic heterocycles. The van der Waals surface area contributed by atoms with Gasteiger partial charge in [0.15, 0.2) is 5.78 Å². The number of unbranched alkanes of at least 4 members (excludes halogenated alkanes) is 3. The van der Waals surface area contributed by atoms with Crippen LogP contribution in [0.1, 0.15) is 88.7 Å². The van der Waals surface area contributed by atoms with Crippen LogP contribution in [0.4, 0.5) is 0 Å². The molecule has 3 heterocycles. The van der Waals surface area contributed by atoms with Gasteiger partial charge in [-0.1, -0.05) is 83.7 Å². The summed E-state index contributed by atoms with van der Waals surface area (Å²) in [5.41, 5.74) is 1.20. The van der Waals surface area contributed by atoms with E-state index in [1.807, 2.05) is 30.3 Å². The molecule has 2 aliphatic heterocycles. The van der Waals surface area contributed by atoms with E-state index in [2.05, 4.69) is 43.0 Å². The van der Waals surface area contributed by atoms with E-state index < -0.39 is 18.6 Å². The molecular weight excluding hydrogens is 527 g/mol. The summed E-state index contributed by atoms with van der Waals surface area (Å²) in [5.74, 6) is 0.712. The SMILES string of the molecule is CC(C)CCCCCC[N+]12CCO[B-]1([C@@H](CC(=O)[C@H](Cc1ccccc1)NC(=O)c1cnccn1)CC(C)C)OCC2. The molecule has 2 aliphatic rings. The summed E-state index contributed by atoms with van der Waals surface area (Å²) in [7, 11) is 0. The summed E-state index contributed by atoms with van der Waals surface area (Å²) in [6, 6.07) is 9.17. The van der Waals surface area contributed by atoms with E-state index in [9.17, 15) is 9.59 Å². The number of aromatic nitrogens is 2. The predicted octanol–water partition coefficient (Wildman–Crippen LogP) is 5.62. The second-order valence-electron chi connectivity index (χ2n) is 13.3. The van der Waals surface area contributed by atoms with Gasteiger partial charge in [-0.25, -0.2) is 4.98 Å². The van der Waals surface area contributed by atoms with E-state index in [-0.39, 0.29) is 17.3 Å². The second kappa shape index (κ2) is 15.2. The van der Waals surface area contributed by atoms with E-state index in [0.717, 1.165) is 48.4 Å².